The number of carboxylic acids is 1. The number of nitrogens with zero attached hydrogens (tertiary/aromatic N) is 5. The molecule has 0 spiro atoms. The topological polar surface area (TPSA) is 97.3 Å². The third-order valence-electron chi connectivity index (χ3n) is 4.28. The second-order valence-corrected chi connectivity index (χ2v) is 6.17. The van der Waals surface area contributed by atoms with Crippen LogP contribution < -0.4 is 0 Å². The summed E-state index contributed by atoms with van der Waals surface area (Å²) in [4.78, 5) is 22.2. The molecule has 2 aromatic heterocycles. The van der Waals surface area contributed by atoms with Crippen LogP contribution >= 0.6 is 0 Å². The van der Waals surface area contributed by atoms with Crippen molar-refractivity contribution in [1.29, 1.82) is 0 Å². The second-order valence-electron chi connectivity index (χ2n) is 6.17. The predicted octanol–water partition coefficient (Wildman–Crippen LogP) is 1.86. The first-order chi connectivity index (χ1) is 12.1. The van der Waals surface area contributed by atoms with Crippen molar-refractivity contribution in [2.45, 2.75) is 19.4 Å². The van der Waals surface area contributed by atoms with Crippen LogP contribution in [0.15, 0.2) is 41.3 Å². The van der Waals surface area contributed by atoms with Gasteiger partial charge in [0.1, 0.15) is 0 Å². The van der Waals surface area contributed by atoms with E-state index < -0.39 is 5.97 Å². The standard InChI is InChI=1S/C17H17N5O3/c1-11-19-16(25-20-11)12-6-21(7-12)8-13-9-22(10-18-13)15-5-3-2-4-14(15)17(23)24/h2-5,9-10,12H,6-8H2,1H3,(H,23,24). The van der Waals surface area contributed by atoms with E-state index in [1.807, 2.05) is 19.2 Å². The van der Waals surface area contributed by atoms with E-state index in [1.165, 1.54) is 0 Å². The molecule has 0 aliphatic carbocycles. The Balaban J connectivity index is 1.42. The van der Waals surface area contributed by atoms with Gasteiger partial charge in [0.2, 0.25) is 5.89 Å². The molecule has 3 aromatic rings. The highest BCUT2D eigenvalue weighted by atomic mass is 16.5. The Morgan fingerprint density at radius 1 is 1.36 bits per heavy atom. The summed E-state index contributed by atoms with van der Waals surface area (Å²) < 4.78 is 6.95. The first-order valence-corrected chi connectivity index (χ1v) is 7.98. The maximum Gasteiger partial charge on any atom is 0.337 e. The van der Waals surface area contributed by atoms with Gasteiger partial charge in [-0.05, 0) is 19.1 Å². The van der Waals surface area contributed by atoms with Gasteiger partial charge in [-0.15, -0.1) is 0 Å². The number of aromatic nitrogens is 4. The second kappa shape index (κ2) is 6.14. The van der Waals surface area contributed by atoms with Crippen LogP contribution in [-0.2, 0) is 6.54 Å². The van der Waals surface area contributed by atoms with Crippen molar-refractivity contribution in [2.24, 2.45) is 0 Å². The van der Waals surface area contributed by atoms with Crippen LogP contribution in [-0.4, -0.2) is 48.8 Å². The zero-order valence-corrected chi connectivity index (χ0v) is 13.7. The van der Waals surface area contributed by atoms with Crippen molar-refractivity contribution in [1.82, 2.24) is 24.6 Å². The molecule has 1 aliphatic heterocycles. The quantitative estimate of drug-likeness (QED) is 0.757. The molecule has 0 radical (unpaired) electrons. The van der Waals surface area contributed by atoms with Crippen molar-refractivity contribution >= 4 is 5.97 Å². The van der Waals surface area contributed by atoms with Gasteiger partial charge in [-0.3, -0.25) is 4.90 Å². The Morgan fingerprint density at radius 3 is 2.88 bits per heavy atom. The summed E-state index contributed by atoms with van der Waals surface area (Å²) in [6.07, 6.45) is 3.52. The minimum absolute atomic E-state index is 0.252. The summed E-state index contributed by atoms with van der Waals surface area (Å²) in [5.41, 5.74) is 1.75. The van der Waals surface area contributed by atoms with Crippen LogP contribution in [0, 0.1) is 6.92 Å². The summed E-state index contributed by atoms with van der Waals surface area (Å²) in [6.45, 7) is 4.21. The molecule has 0 unspecified atom stereocenters. The van der Waals surface area contributed by atoms with Crippen LogP contribution in [0.4, 0.5) is 0 Å². The Kier molecular flexibility index (Phi) is 3.81. The van der Waals surface area contributed by atoms with Crippen LogP contribution in [0.5, 0.6) is 0 Å². The largest absolute Gasteiger partial charge is 0.478 e. The Bertz CT molecular complexity index is 910. The maximum atomic E-state index is 11.3. The Labute approximate surface area is 143 Å². The molecule has 3 heterocycles. The molecule has 1 aliphatic rings. The zero-order chi connectivity index (χ0) is 17.4. The lowest BCUT2D eigenvalue weighted by Crippen LogP contribution is -2.44. The number of hydrogen-bond donors (Lipinski definition) is 1. The lowest BCUT2D eigenvalue weighted by molar-refractivity contribution is 0.0697. The molecule has 128 valence electrons. The number of hydrogen-bond acceptors (Lipinski definition) is 6. The van der Waals surface area contributed by atoms with E-state index >= 15 is 0 Å². The molecule has 0 saturated carbocycles. The third kappa shape index (κ3) is 3.03. The minimum atomic E-state index is -0.953. The molecule has 0 bridgehead atoms. The van der Waals surface area contributed by atoms with Gasteiger partial charge in [-0.1, -0.05) is 17.3 Å². The smallest absolute Gasteiger partial charge is 0.337 e. The van der Waals surface area contributed by atoms with E-state index in [2.05, 4.69) is 20.0 Å². The van der Waals surface area contributed by atoms with Crippen molar-refractivity contribution in [3.8, 4) is 5.69 Å². The third-order valence-corrected chi connectivity index (χ3v) is 4.28. The highest BCUT2D eigenvalue weighted by Crippen LogP contribution is 2.27. The van der Waals surface area contributed by atoms with E-state index in [-0.39, 0.29) is 11.5 Å². The summed E-state index contributed by atoms with van der Waals surface area (Å²) in [5, 5.41) is 13.1. The molecule has 8 heteroatoms. The molecule has 0 atom stereocenters. The highest BCUT2D eigenvalue weighted by molar-refractivity contribution is 5.91. The van der Waals surface area contributed by atoms with Gasteiger partial charge < -0.3 is 14.2 Å². The molecule has 25 heavy (non-hydrogen) atoms. The van der Waals surface area contributed by atoms with E-state index in [0.717, 1.165) is 18.8 Å². The van der Waals surface area contributed by atoms with Crippen LogP contribution in [0.1, 0.15) is 33.7 Å². The van der Waals surface area contributed by atoms with Crippen molar-refractivity contribution < 1.29 is 14.4 Å². The average Bonchev–Trinajstić information content (AvgIpc) is 3.19. The fourth-order valence-electron chi connectivity index (χ4n) is 3.02. The van der Waals surface area contributed by atoms with Gasteiger partial charge in [0.05, 0.1) is 29.2 Å². The van der Waals surface area contributed by atoms with Gasteiger partial charge >= 0.3 is 5.97 Å². The zero-order valence-electron chi connectivity index (χ0n) is 13.7. The molecule has 1 aromatic carbocycles. The summed E-state index contributed by atoms with van der Waals surface area (Å²) in [7, 11) is 0. The number of aryl methyl sites for hydroxylation is 1. The molecule has 1 saturated heterocycles. The minimum Gasteiger partial charge on any atom is -0.478 e. The maximum absolute atomic E-state index is 11.3. The molecule has 1 N–H and O–H groups in total. The van der Waals surface area contributed by atoms with Gasteiger partial charge in [-0.2, -0.15) is 4.98 Å². The fourth-order valence-corrected chi connectivity index (χ4v) is 3.02. The number of para-hydroxylation sites is 1. The average molecular weight is 339 g/mol. The van der Waals surface area contributed by atoms with E-state index in [9.17, 15) is 9.90 Å². The lowest BCUT2D eigenvalue weighted by atomic mass is 10.00. The summed E-state index contributed by atoms with van der Waals surface area (Å²) >= 11 is 0. The number of imidazole rings is 1. The Hall–Kier alpha value is -3.00. The van der Waals surface area contributed by atoms with Crippen molar-refractivity contribution in [3.63, 3.8) is 0 Å². The predicted molar refractivity (Wildman–Crippen MR) is 87.6 cm³/mol. The first-order valence-electron chi connectivity index (χ1n) is 7.98. The lowest BCUT2D eigenvalue weighted by Gasteiger charge is -2.36. The highest BCUT2D eigenvalue weighted by Gasteiger charge is 2.32. The number of benzene rings is 1. The van der Waals surface area contributed by atoms with E-state index in [0.29, 0.717) is 23.9 Å². The molecular weight excluding hydrogens is 322 g/mol. The number of likely N-dealkylation sites (tertiary alicyclic amines) is 1. The number of rotatable bonds is 5. The van der Waals surface area contributed by atoms with E-state index in [1.54, 1.807) is 29.1 Å². The van der Waals surface area contributed by atoms with Crippen molar-refractivity contribution in [2.75, 3.05) is 13.1 Å². The summed E-state index contributed by atoms with van der Waals surface area (Å²) in [5.74, 6) is 0.668. The van der Waals surface area contributed by atoms with Crippen LogP contribution in [0.25, 0.3) is 5.69 Å². The SMILES string of the molecule is Cc1noc(C2CN(Cc3cn(-c4ccccc4C(=O)O)cn3)C2)n1. The molecule has 1 fully saturated rings. The monoisotopic (exact) mass is 339 g/mol. The van der Waals surface area contributed by atoms with Gasteiger partial charge in [0.15, 0.2) is 5.82 Å². The van der Waals surface area contributed by atoms with Crippen LogP contribution in [0.2, 0.25) is 0 Å². The molecule has 4 rings (SSSR count). The van der Waals surface area contributed by atoms with Gasteiger partial charge in [0, 0.05) is 25.8 Å². The van der Waals surface area contributed by atoms with Crippen molar-refractivity contribution in [3.05, 3.63) is 59.8 Å². The van der Waals surface area contributed by atoms with Gasteiger partial charge in [0.25, 0.3) is 0 Å². The fraction of sp³-hybridized carbons (Fsp3) is 0.294. The van der Waals surface area contributed by atoms with Crippen LogP contribution in [0.3, 0.4) is 0 Å². The van der Waals surface area contributed by atoms with Gasteiger partial charge in [-0.25, -0.2) is 9.78 Å². The van der Waals surface area contributed by atoms with E-state index in [4.69, 9.17) is 4.52 Å². The summed E-state index contributed by atoms with van der Waals surface area (Å²) in [6, 6.07) is 6.88. The Morgan fingerprint density at radius 2 is 2.16 bits per heavy atom. The first kappa shape index (κ1) is 15.5. The molecule has 0 amide bonds. The molecule has 8 nitrogen and oxygen atoms in total. The number of carbonyl (C=O) groups is 1. The number of aromatic carboxylic acids is 1. The molecular formula is C17H17N5O3. The number of carboxylic acid groups (broad SMARTS) is 1. The normalized spacial score (nSPS) is 15.2.